The number of methoxy groups -OCH3 is 2. The molecule has 0 aliphatic carbocycles. The van der Waals surface area contributed by atoms with Crippen LogP contribution in [0.1, 0.15) is 18.0 Å². The highest BCUT2D eigenvalue weighted by atomic mass is 19.1. The van der Waals surface area contributed by atoms with Crippen molar-refractivity contribution >= 4 is 28.6 Å². The second kappa shape index (κ2) is 9.82. The van der Waals surface area contributed by atoms with Crippen LogP contribution in [0.5, 0.6) is 11.5 Å². The van der Waals surface area contributed by atoms with Gasteiger partial charge >= 0.3 is 0 Å². The maximum Gasteiger partial charge on any atom is 0.228 e. The van der Waals surface area contributed by atoms with Crippen LogP contribution < -0.4 is 25.8 Å². The third-order valence-corrected chi connectivity index (χ3v) is 5.97. The molecule has 1 saturated heterocycles. The second-order valence-electron chi connectivity index (χ2n) is 8.08. The molecular weight excluding hydrogens is 465 g/mol. The summed E-state index contributed by atoms with van der Waals surface area (Å²) in [6, 6.07) is 3.69. The Morgan fingerprint density at radius 3 is 2.43 bits per heavy atom. The lowest BCUT2D eigenvalue weighted by Crippen LogP contribution is -2.49. The van der Waals surface area contributed by atoms with Crippen LogP contribution in [0.3, 0.4) is 0 Å². The molecule has 0 bridgehead atoms. The molecule has 2 aromatic carbocycles. The molecule has 1 fully saturated rings. The number of nitrogens with zero attached hydrogens (tertiary/aromatic N) is 4. The number of halogens is 3. The predicted molar refractivity (Wildman–Crippen MR) is 124 cm³/mol. The minimum absolute atomic E-state index is 0.00375. The highest BCUT2D eigenvalue weighted by Gasteiger charge is 2.27. The van der Waals surface area contributed by atoms with Crippen LogP contribution in [-0.2, 0) is 4.79 Å². The molecule has 12 heteroatoms. The summed E-state index contributed by atoms with van der Waals surface area (Å²) in [6.45, 7) is 1.39. The minimum Gasteiger partial charge on any atom is -0.493 e. The zero-order chi connectivity index (χ0) is 25.3. The van der Waals surface area contributed by atoms with Gasteiger partial charge in [-0.2, -0.15) is 4.98 Å². The third kappa shape index (κ3) is 4.74. The molecule has 4 rings (SSSR count). The standard InChI is InChI=1S/C23H25F3N6O3/c1-34-17-10-14-20(19(26)21(17)35-2)29-23(30-22(14)28)32-7-5-31(6-8-32)18(33)11-16(27)13-4-3-12(24)9-15(13)25/h3-4,9-10,16H,5-8,11,27H2,1-2H3,(H2,28,29,30). The van der Waals surface area contributed by atoms with Crippen LogP contribution in [0, 0.1) is 17.5 Å². The fourth-order valence-electron chi connectivity index (χ4n) is 4.06. The normalized spacial score (nSPS) is 14.8. The molecule has 1 aliphatic rings. The number of ether oxygens (including phenoxy) is 2. The van der Waals surface area contributed by atoms with Gasteiger partial charge in [-0.1, -0.05) is 6.07 Å². The van der Waals surface area contributed by atoms with Gasteiger partial charge in [-0.05, 0) is 12.1 Å². The summed E-state index contributed by atoms with van der Waals surface area (Å²) in [5.41, 5.74) is 12.1. The quantitative estimate of drug-likeness (QED) is 0.541. The predicted octanol–water partition coefficient (Wildman–Crippen LogP) is 2.39. The zero-order valence-electron chi connectivity index (χ0n) is 19.2. The van der Waals surface area contributed by atoms with Gasteiger partial charge in [0.1, 0.15) is 23.0 Å². The van der Waals surface area contributed by atoms with Crippen molar-refractivity contribution in [2.75, 3.05) is 51.0 Å². The van der Waals surface area contributed by atoms with Gasteiger partial charge in [0.2, 0.25) is 11.9 Å². The monoisotopic (exact) mass is 490 g/mol. The van der Waals surface area contributed by atoms with Crippen LogP contribution in [-0.4, -0.2) is 61.2 Å². The molecule has 1 amide bonds. The molecular formula is C23H25F3N6O3. The van der Waals surface area contributed by atoms with E-state index in [2.05, 4.69) is 9.97 Å². The Morgan fingerprint density at radius 2 is 1.80 bits per heavy atom. The molecule has 0 spiro atoms. The fraction of sp³-hybridized carbons (Fsp3) is 0.348. The van der Waals surface area contributed by atoms with Gasteiger partial charge in [-0.3, -0.25) is 4.79 Å². The number of hydrogen-bond donors (Lipinski definition) is 2. The van der Waals surface area contributed by atoms with Crippen molar-refractivity contribution in [2.24, 2.45) is 5.73 Å². The SMILES string of the molecule is COc1cc2c(N)nc(N3CCN(C(=O)CC(N)c4ccc(F)cc4F)CC3)nc2c(F)c1OC. The zero-order valence-corrected chi connectivity index (χ0v) is 19.2. The van der Waals surface area contributed by atoms with E-state index in [9.17, 15) is 13.6 Å². The molecule has 0 saturated carbocycles. The Hall–Kier alpha value is -3.80. The van der Waals surface area contributed by atoms with Crippen molar-refractivity contribution in [1.82, 2.24) is 14.9 Å². The molecule has 1 atom stereocenters. The molecule has 186 valence electrons. The van der Waals surface area contributed by atoms with Gasteiger partial charge in [0.05, 0.1) is 14.2 Å². The Bertz CT molecular complexity index is 1270. The molecule has 0 radical (unpaired) electrons. The molecule has 4 N–H and O–H groups in total. The first kappa shape index (κ1) is 24.3. The number of nitrogens with two attached hydrogens (primary N) is 2. The van der Waals surface area contributed by atoms with Crippen LogP contribution in [0.4, 0.5) is 24.9 Å². The Kier molecular flexibility index (Phi) is 6.83. The summed E-state index contributed by atoms with van der Waals surface area (Å²) in [5, 5.41) is 0.291. The lowest BCUT2D eigenvalue weighted by molar-refractivity contribution is -0.131. The topological polar surface area (TPSA) is 120 Å². The van der Waals surface area contributed by atoms with Gasteiger partial charge in [0.25, 0.3) is 0 Å². The number of carbonyl (C=O) groups is 1. The lowest BCUT2D eigenvalue weighted by atomic mass is 10.0. The first-order chi connectivity index (χ1) is 16.7. The number of fused-ring (bicyclic) bond motifs is 1. The summed E-state index contributed by atoms with van der Waals surface area (Å²) in [6.07, 6.45) is -0.130. The van der Waals surface area contributed by atoms with Crippen molar-refractivity contribution in [1.29, 1.82) is 0 Å². The first-order valence-electron chi connectivity index (χ1n) is 10.8. The maximum absolute atomic E-state index is 15.0. The van der Waals surface area contributed by atoms with Crippen molar-refractivity contribution < 1.29 is 27.4 Å². The summed E-state index contributed by atoms with van der Waals surface area (Å²) < 4.78 is 52.4. The van der Waals surface area contributed by atoms with Crippen LogP contribution in [0.15, 0.2) is 24.3 Å². The van der Waals surface area contributed by atoms with E-state index in [1.54, 1.807) is 9.80 Å². The van der Waals surface area contributed by atoms with Gasteiger partial charge in [0.15, 0.2) is 17.3 Å². The summed E-state index contributed by atoms with van der Waals surface area (Å²) in [5.74, 6) is -2.10. The van der Waals surface area contributed by atoms with E-state index in [1.807, 2.05) is 0 Å². The van der Waals surface area contributed by atoms with Gasteiger partial charge in [-0.15, -0.1) is 0 Å². The smallest absolute Gasteiger partial charge is 0.228 e. The number of rotatable bonds is 6. The number of nitrogen functional groups attached to an aromatic ring is 1. The number of piperazine rings is 1. The number of aromatic nitrogens is 2. The fourth-order valence-corrected chi connectivity index (χ4v) is 4.06. The molecule has 35 heavy (non-hydrogen) atoms. The highest BCUT2D eigenvalue weighted by molar-refractivity contribution is 5.92. The second-order valence-corrected chi connectivity index (χ2v) is 8.08. The molecule has 9 nitrogen and oxygen atoms in total. The first-order valence-corrected chi connectivity index (χ1v) is 10.8. The Morgan fingerprint density at radius 1 is 1.09 bits per heavy atom. The third-order valence-electron chi connectivity index (χ3n) is 5.97. The van der Waals surface area contributed by atoms with E-state index in [0.29, 0.717) is 31.6 Å². The molecule has 1 unspecified atom stereocenters. The van der Waals surface area contributed by atoms with E-state index in [-0.39, 0.29) is 46.7 Å². The van der Waals surface area contributed by atoms with Crippen LogP contribution in [0.25, 0.3) is 10.9 Å². The van der Waals surface area contributed by atoms with E-state index < -0.39 is 23.5 Å². The Balaban J connectivity index is 1.46. The number of hydrogen-bond acceptors (Lipinski definition) is 8. The number of amides is 1. The highest BCUT2D eigenvalue weighted by Crippen LogP contribution is 2.37. The lowest BCUT2D eigenvalue weighted by Gasteiger charge is -2.35. The molecule has 1 aliphatic heterocycles. The van der Waals surface area contributed by atoms with Crippen LogP contribution >= 0.6 is 0 Å². The molecule has 3 aromatic rings. The van der Waals surface area contributed by atoms with Crippen molar-refractivity contribution in [3.63, 3.8) is 0 Å². The molecule has 2 heterocycles. The van der Waals surface area contributed by atoms with E-state index in [1.165, 1.54) is 26.4 Å². The summed E-state index contributed by atoms with van der Waals surface area (Å²) in [7, 11) is 2.71. The number of carbonyl (C=O) groups excluding carboxylic acids is 1. The van der Waals surface area contributed by atoms with E-state index in [0.717, 1.165) is 12.1 Å². The summed E-state index contributed by atoms with van der Waals surface area (Å²) >= 11 is 0. The van der Waals surface area contributed by atoms with Gasteiger partial charge in [-0.25, -0.2) is 18.2 Å². The van der Waals surface area contributed by atoms with Crippen LogP contribution in [0.2, 0.25) is 0 Å². The number of anilines is 2. The van der Waals surface area contributed by atoms with Gasteiger partial charge in [0, 0.05) is 55.7 Å². The maximum atomic E-state index is 15.0. The van der Waals surface area contributed by atoms with E-state index >= 15 is 4.39 Å². The average Bonchev–Trinajstić information content (AvgIpc) is 2.84. The van der Waals surface area contributed by atoms with E-state index in [4.69, 9.17) is 20.9 Å². The van der Waals surface area contributed by atoms with Crippen molar-refractivity contribution in [3.8, 4) is 11.5 Å². The summed E-state index contributed by atoms with van der Waals surface area (Å²) in [4.78, 5) is 24.7. The van der Waals surface area contributed by atoms with Gasteiger partial charge < -0.3 is 30.7 Å². The minimum atomic E-state index is -0.903. The number of benzene rings is 2. The van der Waals surface area contributed by atoms with Crippen molar-refractivity contribution in [2.45, 2.75) is 12.5 Å². The largest absolute Gasteiger partial charge is 0.493 e. The molecule has 1 aromatic heterocycles. The average molecular weight is 490 g/mol. The Labute approximate surface area is 199 Å². The van der Waals surface area contributed by atoms with Crippen molar-refractivity contribution in [3.05, 3.63) is 47.3 Å².